The van der Waals surface area contributed by atoms with Crippen molar-refractivity contribution < 1.29 is 8.78 Å². The van der Waals surface area contributed by atoms with E-state index in [0.717, 1.165) is 26.8 Å². The largest absolute Gasteiger partial charge is 0.204 e. The predicted octanol–water partition coefficient (Wildman–Crippen LogP) is 5.86. The molecule has 5 heteroatoms. The first kappa shape index (κ1) is 15.0. The monoisotopic (exact) mass is 412 g/mol. The van der Waals surface area contributed by atoms with Gasteiger partial charge >= 0.3 is 0 Å². The van der Waals surface area contributed by atoms with Gasteiger partial charge in [0, 0.05) is 8.59 Å². The third kappa shape index (κ3) is 3.03. The highest BCUT2D eigenvalue weighted by atomic mass is 127. The zero-order valence-electron chi connectivity index (χ0n) is 9.85. The molecule has 2 aromatic rings. The van der Waals surface area contributed by atoms with E-state index >= 15 is 0 Å². The van der Waals surface area contributed by atoms with Crippen molar-refractivity contribution in [1.82, 2.24) is 0 Å². The molecule has 0 saturated carbocycles. The number of hydrogen-bond acceptors (Lipinski definition) is 0. The second kappa shape index (κ2) is 5.94. The Morgan fingerprint density at radius 2 is 1.74 bits per heavy atom. The third-order valence-corrected chi connectivity index (χ3v) is 5.08. The molecule has 0 aromatic heterocycles. The molecular weight excluding hydrogens is 404 g/mol. The Kier molecular flexibility index (Phi) is 4.69. The fourth-order valence-corrected chi connectivity index (χ4v) is 3.30. The fraction of sp³-hybridized carbons (Fsp3) is 0.143. The smallest absolute Gasteiger partial charge is 0.160 e. The van der Waals surface area contributed by atoms with Crippen LogP contribution in [0.4, 0.5) is 8.78 Å². The summed E-state index contributed by atoms with van der Waals surface area (Å²) in [5.74, 6) is -1.93. The highest BCUT2D eigenvalue weighted by Crippen LogP contribution is 2.37. The maximum atomic E-state index is 13.3. The van der Waals surface area contributed by atoms with E-state index in [2.05, 4.69) is 22.6 Å². The van der Waals surface area contributed by atoms with Crippen LogP contribution in [0.3, 0.4) is 0 Å². The van der Waals surface area contributed by atoms with E-state index in [9.17, 15) is 8.78 Å². The molecule has 1 unspecified atom stereocenters. The fourth-order valence-electron chi connectivity index (χ4n) is 1.77. The number of hydrogen-bond donors (Lipinski definition) is 0. The van der Waals surface area contributed by atoms with E-state index in [1.165, 1.54) is 0 Å². The Balaban J connectivity index is 2.53. The Bertz CT molecular complexity index is 629. The SMILES string of the molecule is Cc1cccc(C(Cl)c2cc(F)c(F)cc2Cl)c1I. The molecule has 0 aliphatic rings. The lowest BCUT2D eigenvalue weighted by molar-refractivity contribution is 0.507. The maximum absolute atomic E-state index is 13.3. The summed E-state index contributed by atoms with van der Waals surface area (Å²) >= 11 is 14.5. The molecule has 2 aromatic carbocycles. The molecule has 0 spiro atoms. The van der Waals surface area contributed by atoms with Crippen molar-refractivity contribution in [2.45, 2.75) is 12.3 Å². The molecule has 0 nitrogen and oxygen atoms in total. The van der Waals surface area contributed by atoms with Crippen LogP contribution in [0.15, 0.2) is 30.3 Å². The van der Waals surface area contributed by atoms with E-state index in [1.54, 1.807) is 0 Å². The quantitative estimate of drug-likeness (QED) is 0.329. The predicted molar refractivity (Wildman–Crippen MR) is 83.0 cm³/mol. The molecule has 0 aliphatic heterocycles. The summed E-state index contributed by atoms with van der Waals surface area (Å²) in [5.41, 5.74) is 2.27. The minimum atomic E-state index is -0.975. The van der Waals surface area contributed by atoms with Crippen molar-refractivity contribution in [2.75, 3.05) is 0 Å². The minimum Gasteiger partial charge on any atom is -0.204 e. The molecular formula is C14H9Cl2F2I. The van der Waals surface area contributed by atoms with Crippen LogP contribution >= 0.6 is 45.8 Å². The van der Waals surface area contributed by atoms with Crippen molar-refractivity contribution >= 4 is 45.8 Å². The van der Waals surface area contributed by atoms with Crippen LogP contribution in [-0.4, -0.2) is 0 Å². The first-order valence-electron chi connectivity index (χ1n) is 5.45. The van der Waals surface area contributed by atoms with Gasteiger partial charge in [-0.3, -0.25) is 0 Å². The van der Waals surface area contributed by atoms with Crippen molar-refractivity contribution in [3.8, 4) is 0 Å². The van der Waals surface area contributed by atoms with Gasteiger partial charge in [0.1, 0.15) is 0 Å². The summed E-state index contributed by atoms with van der Waals surface area (Å²) in [5, 5.41) is -0.495. The van der Waals surface area contributed by atoms with Gasteiger partial charge in [-0.2, -0.15) is 0 Å². The van der Waals surface area contributed by atoms with Gasteiger partial charge in [-0.15, -0.1) is 11.6 Å². The van der Waals surface area contributed by atoms with Gasteiger partial charge in [0.25, 0.3) is 0 Å². The zero-order chi connectivity index (χ0) is 14.2. The van der Waals surface area contributed by atoms with Crippen molar-refractivity contribution in [3.05, 3.63) is 67.2 Å². The summed E-state index contributed by atoms with van der Waals surface area (Å²) in [7, 11) is 0. The van der Waals surface area contributed by atoms with Crippen LogP contribution < -0.4 is 0 Å². The maximum Gasteiger partial charge on any atom is 0.160 e. The Morgan fingerprint density at radius 3 is 2.42 bits per heavy atom. The topological polar surface area (TPSA) is 0 Å². The van der Waals surface area contributed by atoms with E-state index in [0.29, 0.717) is 5.56 Å². The zero-order valence-corrected chi connectivity index (χ0v) is 13.5. The van der Waals surface area contributed by atoms with Gasteiger partial charge in [-0.1, -0.05) is 29.8 Å². The molecule has 0 heterocycles. The first-order chi connectivity index (χ1) is 8.91. The van der Waals surface area contributed by atoms with E-state index in [-0.39, 0.29) is 5.02 Å². The van der Waals surface area contributed by atoms with E-state index in [4.69, 9.17) is 23.2 Å². The summed E-state index contributed by atoms with van der Waals surface area (Å²) in [6, 6.07) is 7.68. The first-order valence-corrected chi connectivity index (χ1v) is 7.34. The molecule has 19 heavy (non-hydrogen) atoms. The lowest BCUT2D eigenvalue weighted by Gasteiger charge is -2.15. The summed E-state index contributed by atoms with van der Waals surface area (Å²) in [6.07, 6.45) is 0. The number of aryl methyl sites for hydroxylation is 1. The Hall–Kier alpha value is -0.390. The molecule has 0 radical (unpaired) electrons. The van der Waals surface area contributed by atoms with Crippen LogP contribution in [0.25, 0.3) is 0 Å². The lowest BCUT2D eigenvalue weighted by atomic mass is 10.0. The molecule has 0 saturated heterocycles. The molecule has 2 rings (SSSR count). The van der Waals surface area contributed by atoms with Crippen LogP contribution in [-0.2, 0) is 0 Å². The van der Waals surface area contributed by atoms with Crippen molar-refractivity contribution in [3.63, 3.8) is 0 Å². The molecule has 0 N–H and O–H groups in total. The van der Waals surface area contributed by atoms with Gasteiger partial charge in [-0.05, 0) is 58.3 Å². The molecule has 0 aliphatic carbocycles. The standard InChI is InChI=1S/C14H9Cl2F2I/c1-7-3-2-4-8(14(7)19)13(16)9-5-11(17)12(18)6-10(9)15/h2-6,13H,1H3. The summed E-state index contributed by atoms with van der Waals surface area (Å²) in [4.78, 5) is 0. The second-order valence-electron chi connectivity index (χ2n) is 4.13. The molecule has 100 valence electrons. The number of rotatable bonds is 2. The minimum absolute atomic E-state index is 0.121. The van der Waals surface area contributed by atoms with Crippen molar-refractivity contribution in [2.24, 2.45) is 0 Å². The van der Waals surface area contributed by atoms with Crippen LogP contribution in [0, 0.1) is 22.1 Å². The van der Waals surface area contributed by atoms with Gasteiger partial charge in [-0.25, -0.2) is 8.78 Å². The number of halogens is 5. The molecule has 0 bridgehead atoms. The van der Waals surface area contributed by atoms with Gasteiger partial charge in [0.05, 0.1) is 5.38 Å². The van der Waals surface area contributed by atoms with Crippen LogP contribution in [0.2, 0.25) is 5.02 Å². The normalized spacial score (nSPS) is 12.5. The van der Waals surface area contributed by atoms with Crippen LogP contribution in [0.5, 0.6) is 0 Å². The van der Waals surface area contributed by atoms with Gasteiger partial charge < -0.3 is 0 Å². The van der Waals surface area contributed by atoms with E-state index in [1.807, 2.05) is 25.1 Å². The summed E-state index contributed by atoms with van der Waals surface area (Å²) < 4.78 is 27.4. The van der Waals surface area contributed by atoms with Crippen molar-refractivity contribution in [1.29, 1.82) is 0 Å². The van der Waals surface area contributed by atoms with Crippen LogP contribution in [0.1, 0.15) is 22.1 Å². The average molecular weight is 413 g/mol. The number of benzene rings is 2. The second-order valence-corrected chi connectivity index (χ2v) is 6.05. The van der Waals surface area contributed by atoms with E-state index < -0.39 is 17.0 Å². The highest BCUT2D eigenvalue weighted by molar-refractivity contribution is 14.1. The molecule has 0 fully saturated rings. The lowest BCUT2D eigenvalue weighted by Crippen LogP contribution is -2.00. The Morgan fingerprint density at radius 1 is 1.11 bits per heavy atom. The highest BCUT2D eigenvalue weighted by Gasteiger charge is 2.20. The molecule has 1 atom stereocenters. The van der Waals surface area contributed by atoms with Gasteiger partial charge in [0.2, 0.25) is 0 Å². The third-order valence-electron chi connectivity index (χ3n) is 2.81. The summed E-state index contributed by atoms with van der Waals surface area (Å²) in [6.45, 7) is 1.96. The molecule has 0 amide bonds. The average Bonchev–Trinajstić information content (AvgIpc) is 2.36. The number of alkyl halides is 1. The Labute approximate surface area is 133 Å². The van der Waals surface area contributed by atoms with Gasteiger partial charge in [0.15, 0.2) is 11.6 Å².